The molecule has 1 saturated heterocycles. The van der Waals surface area contributed by atoms with E-state index in [1.54, 1.807) is 60.7 Å². The summed E-state index contributed by atoms with van der Waals surface area (Å²) in [6, 6.07) is 16.5. The van der Waals surface area contributed by atoms with Gasteiger partial charge in [-0.15, -0.1) is 0 Å². The first-order valence-electron chi connectivity index (χ1n) is 11.7. The van der Waals surface area contributed by atoms with Crippen LogP contribution in [0.5, 0.6) is 5.75 Å². The summed E-state index contributed by atoms with van der Waals surface area (Å²) in [6.07, 6.45) is -0.996. The van der Waals surface area contributed by atoms with Crippen LogP contribution in [0, 0.1) is 9.39 Å². The van der Waals surface area contributed by atoms with Gasteiger partial charge >= 0.3 is 6.03 Å². The molecule has 0 aromatic heterocycles. The number of amides is 4. The van der Waals surface area contributed by atoms with E-state index >= 15 is 0 Å². The average Bonchev–Trinajstić information content (AvgIpc) is 3.21. The average molecular weight is 633 g/mol. The van der Waals surface area contributed by atoms with Gasteiger partial charge < -0.3 is 25.6 Å². The van der Waals surface area contributed by atoms with Crippen LogP contribution in [0.15, 0.2) is 72.8 Å². The highest BCUT2D eigenvalue weighted by atomic mass is 127. The zero-order valence-corrected chi connectivity index (χ0v) is 22.2. The van der Waals surface area contributed by atoms with Gasteiger partial charge in [-0.3, -0.25) is 9.59 Å². The Labute approximate surface area is 231 Å². The Morgan fingerprint density at radius 1 is 1.11 bits per heavy atom. The molecule has 3 aromatic carbocycles. The van der Waals surface area contributed by atoms with E-state index < -0.39 is 48.5 Å². The number of carbonyl (C=O) groups excluding carboxylic acids is 3. The number of anilines is 1. The lowest BCUT2D eigenvalue weighted by molar-refractivity contribution is -0.134. The Morgan fingerprint density at radius 3 is 2.47 bits per heavy atom. The zero-order valence-electron chi connectivity index (χ0n) is 20.0. The van der Waals surface area contributed by atoms with Gasteiger partial charge in [-0.2, -0.15) is 0 Å². The molecule has 1 aliphatic heterocycles. The van der Waals surface area contributed by atoms with Gasteiger partial charge in [0, 0.05) is 9.99 Å². The van der Waals surface area contributed by atoms with Crippen LogP contribution >= 0.6 is 22.6 Å². The summed E-state index contributed by atoms with van der Waals surface area (Å²) in [5.41, 5.74) is 1.12. The molecule has 1 heterocycles. The van der Waals surface area contributed by atoms with Crippen molar-refractivity contribution in [2.24, 2.45) is 0 Å². The second-order valence-electron chi connectivity index (χ2n) is 8.63. The maximum atomic E-state index is 14.5. The number of urea groups is 1. The summed E-state index contributed by atoms with van der Waals surface area (Å²) in [5, 5.41) is 23.5. The van der Waals surface area contributed by atoms with Crippen molar-refractivity contribution in [2.75, 3.05) is 18.5 Å². The molecule has 0 bridgehead atoms. The molecule has 1 aliphatic rings. The lowest BCUT2D eigenvalue weighted by Crippen LogP contribution is -2.49. The number of imide groups is 1. The number of nitrogens with one attached hydrogen (secondary N) is 2. The topological polar surface area (TPSA) is 128 Å². The van der Waals surface area contributed by atoms with E-state index in [1.165, 1.54) is 12.1 Å². The Balaban J connectivity index is 1.56. The smallest absolute Gasteiger partial charge is 0.325 e. The molecular weight excluding hydrogens is 608 g/mol. The molecule has 0 aliphatic carbocycles. The van der Waals surface area contributed by atoms with Crippen LogP contribution in [0.3, 0.4) is 0 Å². The maximum Gasteiger partial charge on any atom is 0.325 e. The maximum absolute atomic E-state index is 14.5. The molecule has 4 N–H and O–H groups in total. The SMILES string of the molecule is O=C(Nc1ccc(I)cc1F)[C@H](Cc1ccccc1)N1C(=O)N[C@H](c2ccc(OC[C@H](O)CO)cc2)C1=O. The predicted octanol–water partition coefficient (Wildman–Crippen LogP) is 3.01. The van der Waals surface area contributed by atoms with Crippen molar-refractivity contribution in [1.29, 1.82) is 0 Å². The number of aliphatic hydroxyl groups is 2. The summed E-state index contributed by atoms with van der Waals surface area (Å²) in [5.74, 6) is -1.56. The minimum atomic E-state index is -1.24. The van der Waals surface area contributed by atoms with Crippen molar-refractivity contribution in [3.63, 3.8) is 0 Å². The number of nitrogens with zero attached hydrogens (tertiary/aromatic N) is 1. The molecule has 0 unspecified atom stereocenters. The number of carbonyl (C=O) groups is 3. The molecule has 3 atom stereocenters. The second-order valence-corrected chi connectivity index (χ2v) is 9.87. The molecule has 38 heavy (non-hydrogen) atoms. The highest BCUT2D eigenvalue weighted by Gasteiger charge is 2.45. The largest absolute Gasteiger partial charge is 0.491 e. The monoisotopic (exact) mass is 633 g/mol. The van der Waals surface area contributed by atoms with E-state index in [2.05, 4.69) is 10.6 Å². The number of benzene rings is 3. The van der Waals surface area contributed by atoms with E-state index in [9.17, 15) is 23.9 Å². The van der Waals surface area contributed by atoms with Crippen molar-refractivity contribution in [3.8, 4) is 5.75 Å². The van der Waals surface area contributed by atoms with E-state index in [0.29, 0.717) is 20.4 Å². The normalized spacial score (nSPS) is 16.6. The van der Waals surface area contributed by atoms with Crippen molar-refractivity contribution < 1.29 is 33.7 Å². The minimum absolute atomic E-state index is 0.0322. The predicted molar refractivity (Wildman–Crippen MR) is 145 cm³/mol. The van der Waals surface area contributed by atoms with Gasteiger partial charge in [0.1, 0.15) is 36.4 Å². The molecule has 4 amide bonds. The van der Waals surface area contributed by atoms with E-state index in [-0.39, 0.29) is 18.7 Å². The third-order valence-electron chi connectivity index (χ3n) is 5.91. The molecule has 0 saturated carbocycles. The number of ether oxygens (including phenoxy) is 1. The fourth-order valence-electron chi connectivity index (χ4n) is 3.96. The van der Waals surface area contributed by atoms with Gasteiger partial charge in [0.15, 0.2) is 0 Å². The summed E-state index contributed by atoms with van der Waals surface area (Å²) < 4.78 is 20.5. The number of rotatable bonds is 10. The molecule has 9 nitrogen and oxygen atoms in total. The summed E-state index contributed by atoms with van der Waals surface area (Å²) in [6.45, 7) is -0.551. The van der Waals surface area contributed by atoms with Crippen LogP contribution in [0.25, 0.3) is 0 Å². The Kier molecular flexibility index (Phi) is 8.92. The lowest BCUT2D eigenvalue weighted by atomic mass is 10.0. The van der Waals surface area contributed by atoms with Gasteiger partial charge in [-0.05, 0) is 64.0 Å². The first-order valence-corrected chi connectivity index (χ1v) is 12.8. The number of hydrogen-bond acceptors (Lipinski definition) is 6. The molecule has 0 radical (unpaired) electrons. The van der Waals surface area contributed by atoms with Crippen LogP contribution in [0.4, 0.5) is 14.9 Å². The highest BCUT2D eigenvalue weighted by Crippen LogP contribution is 2.27. The van der Waals surface area contributed by atoms with Crippen molar-refractivity contribution in [2.45, 2.75) is 24.6 Å². The first-order chi connectivity index (χ1) is 18.3. The number of halogens is 2. The van der Waals surface area contributed by atoms with Crippen LogP contribution in [0.2, 0.25) is 0 Å². The number of aliphatic hydroxyl groups excluding tert-OH is 2. The van der Waals surface area contributed by atoms with Crippen molar-refractivity contribution in [3.05, 3.63) is 93.3 Å². The Hall–Kier alpha value is -3.55. The van der Waals surface area contributed by atoms with Gasteiger partial charge in [0.05, 0.1) is 12.3 Å². The van der Waals surface area contributed by atoms with Gasteiger partial charge in [0.25, 0.3) is 5.91 Å². The summed E-state index contributed by atoms with van der Waals surface area (Å²) in [4.78, 5) is 40.7. The second kappa shape index (κ2) is 12.3. The standard InChI is InChI=1S/C27H25FIN3O6/c28-21-13-18(29)8-11-22(21)30-25(35)23(12-16-4-2-1-3-5-16)32-26(36)24(31-27(32)37)17-6-9-20(10-7-17)38-15-19(34)14-33/h1-11,13,19,23-24,33-34H,12,14-15H2,(H,30,35)(H,31,37)/t19-,23+,24-/m1/s1. The fourth-order valence-corrected chi connectivity index (χ4v) is 4.42. The van der Waals surface area contributed by atoms with Gasteiger partial charge in [-0.25, -0.2) is 14.1 Å². The number of hydrogen-bond donors (Lipinski definition) is 4. The minimum Gasteiger partial charge on any atom is -0.491 e. The van der Waals surface area contributed by atoms with Crippen LogP contribution in [-0.2, 0) is 16.0 Å². The van der Waals surface area contributed by atoms with Crippen molar-refractivity contribution in [1.82, 2.24) is 10.2 Å². The quantitative estimate of drug-likeness (QED) is 0.201. The third kappa shape index (κ3) is 6.47. The van der Waals surface area contributed by atoms with Gasteiger partial charge in [-0.1, -0.05) is 42.5 Å². The third-order valence-corrected chi connectivity index (χ3v) is 6.58. The molecule has 4 rings (SSSR count). The molecular formula is C27H25FIN3O6. The van der Waals surface area contributed by atoms with Gasteiger partial charge in [0.2, 0.25) is 5.91 Å². The van der Waals surface area contributed by atoms with Crippen LogP contribution < -0.4 is 15.4 Å². The molecule has 3 aromatic rings. The molecule has 198 valence electrons. The summed E-state index contributed by atoms with van der Waals surface area (Å²) in [7, 11) is 0. The van der Waals surface area contributed by atoms with Crippen LogP contribution in [0.1, 0.15) is 17.2 Å². The zero-order chi connectivity index (χ0) is 27.2. The van der Waals surface area contributed by atoms with Crippen molar-refractivity contribution >= 4 is 46.1 Å². The van der Waals surface area contributed by atoms with E-state index in [4.69, 9.17) is 9.84 Å². The highest BCUT2D eigenvalue weighted by molar-refractivity contribution is 14.1. The van der Waals surface area contributed by atoms with E-state index in [0.717, 1.165) is 4.90 Å². The summed E-state index contributed by atoms with van der Waals surface area (Å²) >= 11 is 1.95. The van der Waals surface area contributed by atoms with E-state index in [1.807, 2.05) is 22.6 Å². The molecule has 0 spiro atoms. The molecule has 1 fully saturated rings. The first kappa shape index (κ1) is 27.5. The molecule has 11 heteroatoms. The fraction of sp³-hybridized carbons (Fsp3) is 0.222. The Morgan fingerprint density at radius 2 is 1.82 bits per heavy atom. The van der Waals surface area contributed by atoms with Crippen LogP contribution in [-0.4, -0.2) is 58.3 Å². The Bertz CT molecular complexity index is 1310. The lowest BCUT2D eigenvalue weighted by Gasteiger charge is -2.25.